The maximum absolute atomic E-state index is 13.5. The number of likely N-dealkylation sites (N-methyl/N-ethyl adjacent to an activating group) is 1. The maximum Gasteiger partial charge on any atom is 0.127 e. The van der Waals surface area contributed by atoms with Crippen molar-refractivity contribution in [1.29, 1.82) is 0 Å². The van der Waals surface area contributed by atoms with E-state index in [2.05, 4.69) is 21.5 Å². The monoisotopic (exact) mass is 295 g/mol. The van der Waals surface area contributed by atoms with Crippen LogP contribution >= 0.6 is 11.6 Å². The van der Waals surface area contributed by atoms with Crippen molar-refractivity contribution in [3.63, 3.8) is 0 Å². The molecule has 0 N–H and O–H groups in total. The van der Waals surface area contributed by atoms with Crippen molar-refractivity contribution in [2.75, 3.05) is 13.6 Å². The summed E-state index contributed by atoms with van der Waals surface area (Å²) in [6.45, 7) is 3.63. The van der Waals surface area contributed by atoms with Gasteiger partial charge in [0, 0.05) is 19.1 Å². The van der Waals surface area contributed by atoms with E-state index in [1.165, 1.54) is 18.9 Å². The second-order valence-electron chi connectivity index (χ2n) is 5.58. The van der Waals surface area contributed by atoms with Crippen molar-refractivity contribution in [3.05, 3.63) is 29.8 Å². The fourth-order valence-electron chi connectivity index (χ4n) is 2.61. The van der Waals surface area contributed by atoms with Crippen LogP contribution in [-0.4, -0.2) is 34.1 Å². The Morgan fingerprint density at radius 3 is 2.90 bits per heavy atom. The molecule has 3 nitrogen and oxygen atoms in total. The van der Waals surface area contributed by atoms with Crippen LogP contribution in [0.25, 0.3) is 11.0 Å². The molecule has 108 valence electrons. The van der Waals surface area contributed by atoms with E-state index in [0.717, 1.165) is 36.0 Å². The Balaban J connectivity index is 1.92. The van der Waals surface area contributed by atoms with Crippen LogP contribution in [0.2, 0.25) is 0 Å². The lowest BCUT2D eigenvalue weighted by Crippen LogP contribution is -2.25. The molecule has 1 heterocycles. The molecule has 0 radical (unpaired) electrons. The van der Waals surface area contributed by atoms with Crippen LogP contribution in [0.5, 0.6) is 0 Å². The third-order valence-electron chi connectivity index (χ3n) is 3.94. The SMILES string of the molecule is CC(Cl)c1nc2ccc(F)cc2n1CCN(C)C1CC1. The summed E-state index contributed by atoms with van der Waals surface area (Å²) in [6, 6.07) is 5.42. The van der Waals surface area contributed by atoms with Gasteiger partial charge in [-0.15, -0.1) is 11.6 Å². The van der Waals surface area contributed by atoms with Crippen LogP contribution in [0.1, 0.15) is 31.0 Å². The summed E-state index contributed by atoms with van der Waals surface area (Å²) in [6.07, 6.45) is 2.57. The molecule has 20 heavy (non-hydrogen) atoms. The van der Waals surface area contributed by atoms with Crippen LogP contribution in [0.4, 0.5) is 4.39 Å². The zero-order chi connectivity index (χ0) is 14.3. The van der Waals surface area contributed by atoms with Crippen LogP contribution in [-0.2, 0) is 6.54 Å². The summed E-state index contributed by atoms with van der Waals surface area (Å²) in [5.74, 6) is 0.583. The smallest absolute Gasteiger partial charge is 0.127 e. The maximum atomic E-state index is 13.5. The molecular weight excluding hydrogens is 277 g/mol. The largest absolute Gasteiger partial charge is 0.325 e. The van der Waals surface area contributed by atoms with Gasteiger partial charge in [0.25, 0.3) is 0 Å². The molecule has 1 saturated carbocycles. The highest BCUT2D eigenvalue weighted by Crippen LogP contribution is 2.27. The second-order valence-corrected chi connectivity index (χ2v) is 6.24. The number of aromatic nitrogens is 2. The normalized spacial score (nSPS) is 17.1. The van der Waals surface area contributed by atoms with Crippen molar-refractivity contribution in [3.8, 4) is 0 Å². The molecule has 0 saturated heterocycles. The number of benzene rings is 1. The Morgan fingerprint density at radius 1 is 1.50 bits per heavy atom. The van der Waals surface area contributed by atoms with E-state index in [1.807, 2.05) is 6.92 Å². The summed E-state index contributed by atoms with van der Waals surface area (Å²) >= 11 is 6.22. The molecule has 1 unspecified atom stereocenters. The van der Waals surface area contributed by atoms with Crippen molar-refractivity contribution in [2.45, 2.75) is 37.7 Å². The molecule has 1 aromatic carbocycles. The van der Waals surface area contributed by atoms with Gasteiger partial charge in [-0.2, -0.15) is 0 Å². The number of hydrogen-bond donors (Lipinski definition) is 0. The Hall–Kier alpha value is -1.13. The van der Waals surface area contributed by atoms with Gasteiger partial charge in [0.1, 0.15) is 11.6 Å². The van der Waals surface area contributed by atoms with Gasteiger partial charge in [0.15, 0.2) is 0 Å². The number of nitrogens with zero attached hydrogens (tertiary/aromatic N) is 3. The van der Waals surface area contributed by atoms with Gasteiger partial charge in [0.2, 0.25) is 0 Å². The van der Waals surface area contributed by atoms with Crippen LogP contribution < -0.4 is 0 Å². The Bertz CT molecular complexity index is 619. The summed E-state index contributed by atoms with van der Waals surface area (Å²) in [4.78, 5) is 6.89. The predicted octanol–water partition coefficient (Wildman–Crippen LogP) is 3.57. The zero-order valence-corrected chi connectivity index (χ0v) is 12.6. The van der Waals surface area contributed by atoms with E-state index >= 15 is 0 Å². The minimum absolute atomic E-state index is 0.184. The van der Waals surface area contributed by atoms with Crippen LogP contribution in [0.3, 0.4) is 0 Å². The summed E-state index contributed by atoms with van der Waals surface area (Å²) < 4.78 is 15.5. The second kappa shape index (κ2) is 5.34. The van der Waals surface area contributed by atoms with Gasteiger partial charge in [-0.1, -0.05) is 0 Å². The van der Waals surface area contributed by atoms with Crippen molar-refractivity contribution in [2.24, 2.45) is 0 Å². The summed E-state index contributed by atoms with van der Waals surface area (Å²) in [5, 5.41) is -0.184. The van der Waals surface area contributed by atoms with Gasteiger partial charge < -0.3 is 9.47 Å². The molecule has 1 aliphatic carbocycles. The molecular formula is C15H19ClFN3. The molecule has 1 fully saturated rings. The first-order valence-corrected chi connectivity index (χ1v) is 7.50. The average Bonchev–Trinajstić information content (AvgIpc) is 3.18. The molecule has 0 bridgehead atoms. The van der Waals surface area contributed by atoms with E-state index in [4.69, 9.17) is 11.6 Å². The first kappa shape index (κ1) is 13.8. The van der Waals surface area contributed by atoms with Crippen molar-refractivity contribution in [1.82, 2.24) is 14.5 Å². The van der Waals surface area contributed by atoms with E-state index in [0.29, 0.717) is 0 Å². The molecule has 5 heteroatoms. The van der Waals surface area contributed by atoms with E-state index in [9.17, 15) is 4.39 Å². The third-order valence-corrected chi connectivity index (χ3v) is 4.14. The van der Waals surface area contributed by atoms with Gasteiger partial charge in [-0.05, 0) is 45.0 Å². The Morgan fingerprint density at radius 2 is 2.25 bits per heavy atom. The molecule has 0 spiro atoms. The van der Waals surface area contributed by atoms with Gasteiger partial charge in [0.05, 0.1) is 16.4 Å². The minimum atomic E-state index is -0.233. The Kier molecular flexibility index (Phi) is 3.69. The van der Waals surface area contributed by atoms with Gasteiger partial charge in [-0.3, -0.25) is 0 Å². The third kappa shape index (κ3) is 2.67. The Labute approximate surface area is 123 Å². The highest BCUT2D eigenvalue weighted by atomic mass is 35.5. The van der Waals surface area contributed by atoms with Gasteiger partial charge in [-0.25, -0.2) is 9.37 Å². The quantitative estimate of drug-likeness (QED) is 0.786. The summed E-state index contributed by atoms with van der Waals surface area (Å²) in [5.41, 5.74) is 1.64. The average molecular weight is 296 g/mol. The first-order valence-electron chi connectivity index (χ1n) is 7.06. The van der Waals surface area contributed by atoms with Gasteiger partial charge >= 0.3 is 0 Å². The first-order chi connectivity index (χ1) is 9.56. The molecule has 3 rings (SSSR count). The lowest BCUT2D eigenvalue weighted by atomic mass is 10.3. The molecule has 0 aliphatic heterocycles. The number of rotatable bonds is 5. The number of imidazole rings is 1. The number of fused-ring (bicyclic) bond motifs is 1. The molecule has 1 aromatic heterocycles. The topological polar surface area (TPSA) is 21.1 Å². The fourth-order valence-corrected chi connectivity index (χ4v) is 2.78. The lowest BCUT2D eigenvalue weighted by Gasteiger charge is -2.18. The molecule has 2 aromatic rings. The van der Waals surface area contributed by atoms with Crippen LogP contribution in [0.15, 0.2) is 18.2 Å². The van der Waals surface area contributed by atoms with E-state index < -0.39 is 0 Å². The lowest BCUT2D eigenvalue weighted by molar-refractivity contribution is 0.309. The highest BCUT2D eigenvalue weighted by Gasteiger charge is 2.26. The van der Waals surface area contributed by atoms with Crippen molar-refractivity contribution >= 4 is 22.6 Å². The highest BCUT2D eigenvalue weighted by molar-refractivity contribution is 6.20. The van der Waals surface area contributed by atoms with Crippen molar-refractivity contribution < 1.29 is 4.39 Å². The van der Waals surface area contributed by atoms with E-state index in [1.54, 1.807) is 12.1 Å². The summed E-state index contributed by atoms with van der Waals surface area (Å²) in [7, 11) is 2.14. The number of halogens is 2. The zero-order valence-electron chi connectivity index (χ0n) is 11.8. The fraction of sp³-hybridized carbons (Fsp3) is 0.533. The van der Waals surface area contributed by atoms with E-state index in [-0.39, 0.29) is 11.2 Å². The molecule has 0 amide bonds. The predicted molar refractivity (Wildman–Crippen MR) is 79.6 cm³/mol. The van der Waals surface area contributed by atoms with Crippen LogP contribution in [0, 0.1) is 5.82 Å². The standard InChI is InChI=1S/C15H19ClFN3/c1-10(16)15-18-13-6-3-11(17)9-14(13)20(15)8-7-19(2)12-4-5-12/h3,6,9-10,12H,4-5,7-8H2,1-2H3. The minimum Gasteiger partial charge on any atom is -0.325 e. The molecule has 1 aliphatic rings. The molecule has 1 atom stereocenters. The number of alkyl halides is 1. The number of hydrogen-bond acceptors (Lipinski definition) is 2.